The second kappa shape index (κ2) is 2.73. The summed E-state index contributed by atoms with van der Waals surface area (Å²) < 4.78 is 0.992. The van der Waals surface area contributed by atoms with Gasteiger partial charge in [0.1, 0.15) is 6.04 Å². The first kappa shape index (κ1) is 8.05. The molecule has 2 aliphatic rings. The number of amides is 1. The first-order valence-corrected chi connectivity index (χ1v) is 4.82. The van der Waals surface area contributed by atoms with Gasteiger partial charge in [-0.25, -0.2) is 0 Å². The number of hydrogen-bond acceptors (Lipinski definition) is 1. The van der Waals surface area contributed by atoms with Gasteiger partial charge in [0.25, 0.3) is 5.91 Å². The van der Waals surface area contributed by atoms with Crippen molar-refractivity contribution in [3.8, 4) is 0 Å². The maximum Gasteiger partial charge on any atom is 0.275 e. The molecule has 1 amide bonds. The van der Waals surface area contributed by atoms with Crippen LogP contribution >= 0.6 is 0 Å². The third kappa shape index (κ3) is 1.22. The molecular weight excluding hydrogens is 152 g/mol. The Kier molecular flexibility index (Phi) is 1.83. The zero-order valence-corrected chi connectivity index (χ0v) is 7.68. The molecule has 3 heteroatoms. The number of nitrogens with zero attached hydrogens (tertiary/aromatic N) is 1. The number of nitrogens with one attached hydrogen (secondary N) is 1. The van der Waals surface area contributed by atoms with E-state index in [9.17, 15) is 4.79 Å². The van der Waals surface area contributed by atoms with Gasteiger partial charge in [-0.2, -0.15) is 0 Å². The summed E-state index contributed by atoms with van der Waals surface area (Å²) in [5, 5.41) is 2.95. The zero-order valence-electron chi connectivity index (χ0n) is 7.68. The minimum atomic E-state index is 0.232. The van der Waals surface area contributed by atoms with E-state index in [1.807, 2.05) is 0 Å². The normalized spacial score (nSPS) is 41.8. The lowest BCUT2D eigenvalue weighted by atomic mass is 9.97. The highest BCUT2D eigenvalue weighted by molar-refractivity contribution is 5.77. The van der Waals surface area contributed by atoms with Gasteiger partial charge in [-0.05, 0) is 12.8 Å². The topological polar surface area (TPSA) is 29.1 Å². The first-order chi connectivity index (χ1) is 5.71. The van der Waals surface area contributed by atoms with Crippen molar-refractivity contribution < 1.29 is 9.28 Å². The van der Waals surface area contributed by atoms with E-state index in [-0.39, 0.29) is 5.91 Å². The third-order valence-corrected chi connectivity index (χ3v) is 3.38. The van der Waals surface area contributed by atoms with E-state index in [1.165, 1.54) is 25.8 Å². The van der Waals surface area contributed by atoms with Gasteiger partial charge in [-0.1, -0.05) is 0 Å². The van der Waals surface area contributed by atoms with E-state index in [1.54, 1.807) is 0 Å². The quantitative estimate of drug-likeness (QED) is 0.513. The minimum absolute atomic E-state index is 0.232. The lowest BCUT2D eigenvalue weighted by Gasteiger charge is -2.47. The number of quaternary nitrogens is 1. The molecule has 2 fully saturated rings. The Morgan fingerprint density at radius 2 is 2.33 bits per heavy atom. The van der Waals surface area contributed by atoms with Gasteiger partial charge in [-0.15, -0.1) is 0 Å². The summed E-state index contributed by atoms with van der Waals surface area (Å²) in [6, 6.07) is 0.691. The molecular formula is C9H17N2O+. The summed E-state index contributed by atoms with van der Waals surface area (Å²) in [5.41, 5.74) is 0. The van der Waals surface area contributed by atoms with E-state index in [0.29, 0.717) is 12.6 Å². The van der Waals surface area contributed by atoms with Crippen molar-refractivity contribution in [2.24, 2.45) is 0 Å². The number of carbonyl (C=O) groups excluding carboxylic acids is 1. The van der Waals surface area contributed by atoms with Crippen molar-refractivity contribution in [1.29, 1.82) is 0 Å². The first-order valence-electron chi connectivity index (χ1n) is 4.82. The zero-order chi connectivity index (χ0) is 8.60. The predicted octanol–water partition coefficient (Wildman–Crippen LogP) is 0.115. The number of rotatable bonds is 0. The summed E-state index contributed by atoms with van der Waals surface area (Å²) >= 11 is 0. The van der Waals surface area contributed by atoms with Gasteiger partial charge < -0.3 is 9.80 Å². The van der Waals surface area contributed by atoms with E-state index in [0.717, 1.165) is 11.0 Å². The van der Waals surface area contributed by atoms with Crippen LogP contribution < -0.4 is 5.32 Å². The van der Waals surface area contributed by atoms with Crippen LogP contribution in [0.4, 0.5) is 0 Å². The van der Waals surface area contributed by atoms with Crippen molar-refractivity contribution in [2.45, 2.75) is 25.3 Å². The number of fused-ring (bicyclic) bond motifs is 1. The second-order valence-corrected chi connectivity index (χ2v) is 4.31. The molecule has 0 aromatic rings. The lowest BCUT2D eigenvalue weighted by molar-refractivity contribution is -0.932. The molecule has 2 heterocycles. The monoisotopic (exact) mass is 169 g/mol. The predicted molar refractivity (Wildman–Crippen MR) is 46.6 cm³/mol. The third-order valence-electron chi connectivity index (χ3n) is 3.38. The molecule has 1 unspecified atom stereocenters. The fourth-order valence-electron chi connectivity index (χ4n) is 2.49. The summed E-state index contributed by atoms with van der Waals surface area (Å²) in [6.45, 7) is 2.79. The Morgan fingerprint density at radius 3 is 3.17 bits per heavy atom. The molecule has 0 bridgehead atoms. The van der Waals surface area contributed by atoms with Crippen LogP contribution in [0.2, 0.25) is 0 Å². The Labute approximate surface area is 73.3 Å². The van der Waals surface area contributed by atoms with Crippen LogP contribution in [0.25, 0.3) is 0 Å². The highest BCUT2D eigenvalue weighted by Crippen LogP contribution is 2.24. The van der Waals surface area contributed by atoms with Crippen molar-refractivity contribution in [2.75, 3.05) is 26.7 Å². The van der Waals surface area contributed by atoms with Crippen LogP contribution in [0.3, 0.4) is 0 Å². The highest BCUT2D eigenvalue weighted by atomic mass is 16.2. The average Bonchev–Trinajstić information content (AvgIpc) is 2.02. The lowest BCUT2D eigenvalue weighted by Crippen LogP contribution is -2.66. The van der Waals surface area contributed by atoms with Gasteiger partial charge in [-0.3, -0.25) is 4.79 Å². The average molecular weight is 169 g/mol. The maximum absolute atomic E-state index is 11.2. The summed E-state index contributed by atoms with van der Waals surface area (Å²) in [7, 11) is 2.22. The molecule has 2 saturated heterocycles. The second-order valence-electron chi connectivity index (χ2n) is 4.31. The molecule has 1 N–H and O–H groups in total. The van der Waals surface area contributed by atoms with Crippen LogP contribution in [0.5, 0.6) is 0 Å². The van der Waals surface area contributed by atoms with Gasteiger partial charge >= 0.3 is 0 Å². The maximum atomic E-state index is 11.2. The highest BCUT2D eigenvalue weighted by Gasteiger charge is 2.40. The number of likely N-dealkylation sites (N-methyl/N-ethyl adjacent to an activating group) is 1. The van der Waals surface area contributed by atoms with Gasteiger partial charge in [0.2, 0.25) is 0 Å². The largest absolute Gasteiger partial charge is 0.345 e. The van der Waals surface area contributed by atoms with Crippen molar-refractivity contribution in [3.05, 3.63) is 0 Å². The Morgan fingerprint density at radius 1 is 1.50 bits per heavy atom. The van der Waals surface area contributed by atoms with Crippen LogP contribution in [0.1, 0.15) is 19.3 Å². The minimum Gasteiger partial charge on any atom is -0.345 e. The van der Waals surface area contributed by atoms with E-state index in [4.69, 9.17) is 0 Å². The van der Waals surface area contributed by atoms with Crippen LogP contribution in [0, 0.1) is 0 Å². The number of carbonyl (C=O) groups is 1. The SMILES string of the molecule is C[N+]12CCCC[C@H]1CNC(=O)C2. The fourth-order valence-corrected chi connectivity index (χ4v) is 2.49. The molecule has 2 atom stereocenters. The molecule has 0 aromatic heterocycles. The Hall–Kier alpha value is -0.570. The van der Waals surface area contributed by atoms with Gasteiger partial charge in [0.15, 0.2) is 6.54 Å². The van der Waals surface area contributed by atoms with E-state index in [2.05, 4.69) is 12.4 Å². The van der Waals surface area contributed by atoms with Crippen molar-refractivity contribution in [1.82, 2.24) is 5.32 Å². The van der Waals surface area contributed by atoms with Gasteiger partial charge in [0, 0.05) is 6.42 Å². The van der Waals surface area contributed by atoms with Crippen molar-refractivity contribution >= 4 is 5.91 Å². The molecule has 2 aliphatic heterocycles. The van der Waals surface area contributed by atoms with E-state index >= 15 is 0 Å². The fraction of sp³-hybridized carbons (Fsp3) is 0.889. The molecule has 0 saturated carbocycles. The number of hydrogen-bond donors (Lipinski definition) is 1. The molecule has 12 heavy (non-hydrogen) atoms. The summed E-state index contributed by atoms with van der Waals surface area (Å²) in [5.74, 6) is 0.232. The molecule has 2 rings (SSSR count). The smallest absolute Gasteiger partial charge is 0.275 e. The number of piperidine rings is 1. The molecule has 0 radical (unpaired) electrons. The van der Waals surface area contributed by atoms with Crippen LogP contribution in [-0.4, -0.2) is 43.1 Å². The molecule has 68 valence electrons. The standard InChI is InChI=1S/C9H16N2O/c1-11-5-3-2-4-8(11)6-10-9(12)7-11/h8H,2-7H2,1H3/p+1/t8-,11?/m0/s1. The molecule has 0 spiro atoms. The molecule has 0 aliphatic carbocycles. The molecule has 3 nitrogen and oxygen atoms in total. The summed E-state index contributed by atoms with van der Waals surface area (Å²) in [4.78, 5) is 11.2. The van der Waals surface area contributed by atoms with Gasteiger partial charge in [0.05, 0.1) is 20.1 Å². The Bertz CT molecular complexity index is 205. The number of piperazine rings is 1. The van der Waals surface area contributed by atoms with Crippen LogP contribution in [0.15, 0.2) is 0 Å². The summed E-state index contributed by atoms with van der Waals surface area (Å²) in [6.07, 6.45) is 3.92. The van der Waals surface area contributed by atoms with Crippen LogP contribution in [-0.2, 0) is 4.79 Å². The Balaban J connectivity index is 2.12. The van der Waals surface area contributed by atoms with Crippen molar-refractivity contribution in [3.63, 3.8) is 0 Å². The van der Waals surface area contributed by atoms with E-state index < -0.39 is 0 Å². The molecule has 0 aromatic carbocycles.